The van der Waals surface area contributed by atoms with Gasteiger partial charge in [-0.1, -0.05) is 13.8 Å². The van der Waals surface area contributed by atoms with Crippen molar-refractivity contribution < 1.29 is 14.6 Å². The molecule has 0 saturated heterocycles. The number of alkyl carbamates (subject to hydrolysis) is 1. The minimum absolute atomic E-state index is 0.0896. The molecule has 0 aromatic carbocycles. The minimum Gasteiger partial charge on any atom is -0.450 e. The van der Waals surface area contributed by atoms with Gasteiger partial charge in [0.2, 0.25) is 0 Å². The highest BCUT2D eigenvalue weighted by atomic mass is 16.5. The lowest BCUT2D eigenvalue weighted by atomic mass is 10.1. The maximum atomic E-state index is 10.9. The first-order valence-corrected chi connectivity index (χ1v) is 4.68. The van der Waals surface area contributed by atoms with E-state index in [9.17, 15) is 4.79 Å². The molecule has 78 valence electrons. The molecule has 0 spiro atoms. The number of nitrogens with one attached hydrogen (secondary N) is 1. The SMILES string of the molecule is CC(C)CCOC(=O)NCCCO. The van der Waals surface area contributed by atoms with E-state index in [0.29, 0.717) is 25.5 Å². The van der Waals surface area contributed by atoms with Crippen LogP contribution in [0.2, 0.25) is 0 Å². The fourth-order valence-corrected chi connectivity index (χ4v) is 0.708. The number of rotatable bonds is 6. The number of ether oxygens (including phenoxy) is 1. The lowest BCUT2D eigenvalue weighted by Gasteiger charge is -2.07. The number of aliphatic hydroxyl groups excluding tert-OH is 1. The molecule has 0 aromatic heterocycles. The van der Waals surface area contributed by atoms with Crippen LogP contribution >= 0.6 is 0 Å². The molecule has 13 heavy (non-hydrogen) atoms. The minimum atomic E-state index is -0.394. The molecule has 4 heteroatoms. The van der Waals surface area contributed by atoms with Crippen molar-refractivity contribution in [2.75, 3.05) is 19.8 Å². The van der Waals surface area contributed by atoms with Gasteiger partial charge in [-0.2, -0.15) is 0 Å². The van der Waals surface area contributed by atoms with Crippen LogP contribution in [0.5, 0.6) is 0 Å². The summed E-state index contributed by atoms with van der Waals surface area (Å²) in [6.07, 6.45) is 1.06. The first-order valence-electron chi connectivity index (χ1n) is 4.68. The highest BCUT2D eigenvalue weighted by Crippen LogP contribution is 1.98. The van der Waals surface area contributed by atoms with Gasteiger partial charge in [-0.3, -0.25) is 0 Å². The van der Waals surface area contributed by atoms with Crippen molar-refractivity contribution in [1.82, 2.24) is 5.32 Å². The van der Waals surface area contributed by atoms with Crippen LogP contribution in [0.25, 0.3) is 0 Å². The summed E-state index contributed by atoms with van der Waals surface area (Å²) in [5.74, 6) is 0.547. The first kappa shape index (κ1) is 12.2. The molecule has 0 aliphatic heterocycles. The van der Waals surface area contributed by atoms with Gasteiger partial charge in [0.25, 0.3) is 0 Å². The second kappa shape index (κ2) is 7.86. The zero-order chi connectivity index (χ0) is 10.1. The maximum Gasteiger partial charge on any atom is 0.407 e. The quantitative estimate of drug-likeness (QED) is 0.616. The third-order valence-corrected chi connectivity index (χ3v) is 1.53. The van der Waals surface area contributed by atoms with Crippen molar-refractivity contribution in [2.45, 2.75) is 26.7 Å². The fourth-order valence-electron chi connectivity index (χ4n) is 0.708. The number of amides is 1. The number of carbonyl (C=O) groups is 1. The molecule has 0 radical (unpaired) electrons. The monoisotopic (exact) mass is 189 g/mol. The van der Waals surface area contributed by atoms with E-state index in [-0.39, 0.29) is 6.61 Å². The Labute approximate surface area is 79.3 Å². The second-order valence-electron chi connectivity index (χ2n) is 3.32. The van der Waals surface area contributed by atoms with Gasteiger partial charge < -0.3 is 15.2 Å². The Morgan fingerprint density at radius 1 is 1.54 bits per heavy atom. The van der Waals surface area contributed by atoms with Crippen LogP contribution in [0.15, 0.2) is 0 Å². The molecule has 0 rings (SSSR count). The first-order chi connectivity index (χ1) is 6.16. The second-order valence-corrected chi connectivity index (χ2v) is 3.32. The molecule has 0 aromatic rings. The normalized spacial score (nSPS) is 10.2. The van der Waals surface area contributed by atoms with Gasteiger partial charge in [0.1, 0.15) is 0 Å². The van der Waals surface area contributed by atoms with Crippen LogP contribution in [-0.2, 0) is 4.74 Å². The summed E-state index contributed by atoms with van der Waals surface area (Å²) < 4.78 is 4.87. The molecule has 0 aliphatic carbocycles. The van der Waals surface area contributed by atoms with Gasteiger partial charge in [-0.15, -0.1) is 0 Å². The third kappa shape index (κ3) is 9.14. The Morgan fingerprint density at radius 3 is 2.77 bits per heavy atom. The van der Waals surface area contributed by atoms with E-state index in [4.69, 9.17) is 9.84 Å². The van der Waals surface area contributed by atoms with E-state index in [1.165, 1.54) is 0 Å². The van der Waals surface area contributed by atoms with Gasteiger partial charge in [-0.05, 0) is 18.8 Å². The number of hydrogen-bond donors (Lipinski definition) is 2. The van der Waals surface area contributed by atoms with Crippen molar-refractivity contribution in [3.8, 4) is 0 Å². The van der Waals surface area contributed by atoms with Crippen LogP contribution in [0, 0.1) is 5.92 Å². The zero-order valence-electron chi connectivity index (χ0n) is 8.38. The fraction of sp³-hybridized carbons (Fsp3) is 0.889. The Bertz CT molecular complexity index is 137. The summed E-state index contributed by atoms with van der Waals surface area (Å²) >= 11 is 0. The molecule has 0 saturated carbocycles. The average molecular weight is 189 g/mol. The smallest absolute Gasteiger partial charge is 0.407 e. The molecule has 0 aliphatic rings. The third-order valence-electron chi connectivity index (χ3n) is 1.53. The van der Waals surface area contributed by atoms with Gasteiger partial charge in [0, 0.05) is 13.2 Å². The van der Waals surface area contributed by atoms with Crippen molar-refractivity contribution in [2.24, 2.45) is 5.92 Å². The Balaban J connectivity index is 3.20. The molecule has 2 N–H and O–H groups in total. The van der Waals surface area contributed by atoms with Gasteiger partial charge in [0.15, 0.2) is 0 Å². The molecule has 0 heterocycles. The Kier molecular flexibility index (Phi) is 7.39. The van der Waals surface area contributed by atoms with E-state index >= 15 is 0 Å². The molecule has 0 bridgehead atoms. The van der Waals surface area contributed by atoms with Crippen molar-refractivity contribution in [3.05, 3.63) is 0 Å². The van der Waals surface area contributed by atoms with Crippen molar-refractivity contribution in [3.63, 3.8) is 0 Å². The lowest BCUT2D eigenvalue weighted by molar-refractivity contribution is 0.140. The van der Waals surface area contributed by atoms with Gasteiger partial charge in [0.05, 0.1) is 6.61 Å². The van der Waals surface area contributed by atoms with Gasteiger partial charge in [-0.25, -0.2) is 4.79 Å². The van der Waals surface area contributed by atoms with Crippen LogP contribution in [-0.4, -0.2) is 31.0 Å². The van der Waals surface area contributed by atoms with Gasteiger partial charge >= 0.3 is 6.09 Å². The van der Waals surface area contributed by atoms with Crippen LogP contribution in [0.1, 0.15) is 26.7 Å². The number of aliphatic hydroxyl groups is 1. The summed E-state index contributed by atoms with van der Waals surface area (Å²) in [7, 11) is 0. The van der Waals surface area contributed by atoms with E-state index in [1.54, 1.807) is 0 Å². The van der Waals surface area contributed by atoms with Crippen LogP contribution in [0.4, 0.5) is 4.79 Å². The zero-order valence-corrected chi connectivity index (χ0v) is 8.38. The number of carbonyl (C=O) groups excluding carboxylic acids is 1. The predicted molar refractivity (Wildman–Crippen MR) is 50.5 cm³/mol. The van der Waals surface area contributed by atoms with Crippen LogP contribution in [0.3, 0.4) is 0 Å². The highest BCUT2D eigenvalue weighted by molar-refractivity contribution is 5.66. The van der Waals surface area contributed by atoms with Crippen molar-refractivity contribution >= 4 is 6.09 Å². The number of hydrogen-bond acceptors (Lipinski definition) is 3. The maximum absolute atomic E-state index is 10.9. The van der Waals surface area contributed by atoms with Crippen LogP contribution < -0.4 is 5.32 Å². The summed E-state index contributed by atoms with van der Waals surface area (Å²) in [6.45, 7) is 5.17. The topological polar surface area (TPSA) is 58.6 Å². The largest absolute Gasteiger partial charge is 0.450 e. The molecule has 1 amide bonds. The summed E-state index contributed by atoms with van der Waals surface area (Å²) in [5.41, 5.74) is 0. The van der Waals surface area contributed by atoms with E-state index in [1.807, 2.05) is 0 Å². The summed E-state index contributed by atoms with van der Waals surface area (Å²) in [6, 6.07) is 0. The highest BCUT2D eigenvalue weighted by Gasteiger charge is 2.00. The lowest BCUT2D eigenvalue weighted by Crippen LogP contribution is -2.26. The van der Waals surface area contributed by atoms with E-state index < -0.39 is 6.09 Å². The standard InChI is InChI=1S/C9H19NO3/c1-8(2)4-7-13-9(12)10-5-3-6-11/h8,11H,3-7H2,1-2H3,(H,10,12). The molecule has 0 fully saturated rings. The molecular weight excluding hydrogens is 170 g/mol. The molecule has 0 unspecified atom stereocenters. The molecule has 4 nitrogen and oxygen atoms in total. The summed E-state index contributed by atoms with van der Waals surface area (Å²) in [5, 5.41) is 11.0. The summed E-state index contributed by atoms with van der Waals surface area (Å²) in [4.78, 5) is 10.9. The van der Waals surface area contributed by atoms with E-state index in [2.05, 4.69) is 19.2 Å². The molecular formula is C9H19NO3. The Morgan fingerprint density at radius 2 is 2.23 bits per heavy atom. The average Bonchev–Trinajstić information content (AvgIpc) is 2.04. The predicted octanol–water partition coefficient (Wildman–Crippen LogP) is 1.14. The molecule has 0 atom stereocenters. The Hall–Kier alpha value is -0.770. The van der Waals surface area contributed by atoms with Crippen molar-refractivity contribution in [1.29, 1.82) is 0 Å². The van der Waals surface area contributed by atoms with E-state index in [0.717, 1.165) is 6.42 Å².